The first-order valence-electron chi connectivity index (χ1n) is 5.51. The van der Waals surface area contributed by atoms with Gasteiger partial charge in [-0.25, -0.2) is 0 Å². The van der Waals surface area contributed by atoms with E-state index in [-0.39, 0.29) is 36.0 Å². The SMILES string of the molecule is COC(=O)CCCOc1ccc([N+](=O)[O-])cc1C=O. The van der Waals surface area contributed by atoms with Crippen molar-refractivity contribution in [3.8, 4) is 5.75 Å². The first-order valence-corrected chi connectivity index (χ1v) is 5.51. The Labute approximate surface area is 109 Å². The molecule has 0 radical (unpaired) electrons. The van der Waals surface area contributed by atoms with Crippen LogP contribution in [0, 0.1) is 10.1 Å². The fraction of sp³-hybridized carbons (Fsp3) is 0.333. The molecule has 1 aromatic carbocycles. The molecule has 7 nitrogen and oxygen atoms in total. The molecule has 0 fully saturated rings. The van der Waals surface area contributed by atoms with Gasteiger partial charge in [0.1, 0.15) is 5.75 Å². The lowest BCUT2D eigenvalue weighted by Gasteiger charge is -2.07. The highest BCUT2D eigenvalue weighted by Crippen LogP contribution is 2.22. The van der Waals surface area contributed by atoms with Crippen LogP contribution >= 0.6 is 0 Å². The van der Waals surface area contributed by atoms with Crippen LogP contribution in [0.3, 0.4) is 0 Å². The van der Waals surface area contributed by atoms with Crippen molar-refractivity contribution in [1.29, 1.82) is 0 Å². The van der Waals surface area contributed by atoms with Gasteiger partial charge in [0, 0.05) is 18.6 Å². The molecule has 0 aromatic heterocycles. The smallest absolute Gasteiger partial charge is 0.305 e. The van der Waals surface area contributed by atoms with E-state index in [1.807, 2.05) is 0 Å². The van der Waals surface area contributed by atoms with Crippen LogP contribution in [0.25, 0.3) is 0 Å². The molecular weight excluding hydrogens is 254 g/mol. The summed E-state index contributed by atoms with van der Waals surface area (Å²) in [7, 11) is 1.30. The van der Waals surface area contributed by atoms with E-state index >= 15 is 0 Å². The maximum absolute atomic E-state index is 10.9. The van der Waals surface area contributed by atoms with Gasteiger partial charge in [-0.1, -0.05) is 0 Å². The average molecular weight is 267 g/mol. The predicted molar refractivity (Wildman–Crippen MR) is 65.2 cm³/mol. The van der Waals surface area contributed by atoms with Crippen molar-refractivity contribution < 1.29 is 24.0 Å². The number of hydrogen-bond acceptors (Lipinski definition) is 6. The topological polar surface area (TPSA) is 95.7 Å². The van der Waals surface area contributed by atoms with Crippen LogP contribution in [-0.4, -0.2) is 30.9 Å². The molecule has 0 saturated carbocycles. The Bertz CT molecular complexity index is 485. The van der Waals surface area contributed by atoms with E-state index in [0.29, 0.717) is 12.7 Å². The largest absolute Gasteiger partial charge is 0.493 e. The first kappa shape index (κ1) is 14.6. The summed E-state index contributed by atoms with van der Waals surface area (Å²) in [6.07, 6.45) is 1.13. The number of carbonyl (C=O) groups excluding carboxylic acids is 2. The van der Waals surface area contributed by atoms with Crippen molar-refractivity contribution in [2.75, 3.05) is 13.7 Å². The van der Waals surface area contributed by atoms with Gasteiger partial charge in [0.2, 0.25) is 0 Å². The molecule has 0 unspecified atom stereocenters. The highest BCUT2D eigenvalue weighted by molar-refractivity contribution is 5.80. The van der Waals surface area contributed by atoms with Gasteiger partial charge in [0.25, 0.3) is 5.69 Å². The molecular formula is C12H13NO6. The molecule has 0 saturated heterocycles. The monoisotopic (exact) mass is 267 g/mol. The van der Waals surface area contributed by atoms with Crippen molar-refractivity contribution >= 4 is 17.9 Å². The summed E-state index contributed by atoms with van der Waals surface area (Å²) in [6.45, 7) is 0.216. The third-order valence-electron chi connectivity index (χ3n) is 2.34. The molecule has 0 atom stereocenters. The van der Waals surface area contributed by atoms with Crippen molar-refractivity contribution in [2.24, 2.45) is 0 Å². The second kappa shape index (κ2) is 7.10. The van der Waals surface area contributed by atoms with Crippen molar-refractivity contribution in [2.45, 2.75) is 12.8 Å². The van der Waals surface area contributed by atoms with Crippen LogP contribution in [0.1, 0.15) is 23.2 Å². The Morgan fingerprint density at radius 3 is 2.79 bits per heavy atom. The molecule has 7 heteroatoms. The molecule has 0 aliphatic heterocycles. The minimum atomic E-state index is -0.589. The number of non-ortho nitro benzene ring substituents is 1. The summed E-state index contributed by atoms with van der Waals surface area (Å²) in [5.41, 5.74) is -0.0729. The highest BCUT2D eigenvalue weighted by Gasteiger charge is 2.11. The summed E-state index contributed by atoms with van der Waals surface area (Å²) in [6, 6.07) is 3.76. The summed E-state index contributed by atoms with van der Waals surface area (Å²) in [5.74, 6) is -0.0895. The molecule has 0 N–H and O–H groups in total. The Morgan fingerprint density at radius 1 is 1.47 bits per heavy atom. The van der Waals surface area contributed by atoms with Crippen LogP contribution in [0.4, 0.5) is 5.69 Å². The molecule has 0 aliphatic rings. The molecule has 0 amide bonds. The van der Waals surface area contributed by atoms with Crippen molar-refractivity contribution in [1.82, 2.24) is 0 Å². The second-order valence-corrected chi connectivity index (χ2v) is 3.63. The van der Waals surface area contributed by atoms with E-state index in [2.05, 4.69) is 4.74 Å². The minimum absolute atomic E-state index is 0.104. The first-order chi connectivity index (χ1) is 9.08. The Morgan fingerprint density at radius 2 is 2.21 bits per heavy atom. The molecule has 102 valence electrons. The van der Waals surface area contributed by atoms with E-state index in [1.54, 1.807) is 0 Å². The van der Waals surface area contributed by atoms with Crippen LogP contribution in [0.5, 0.6) is 5.75 Å². The third kappa shape index (κ3) is 4.38. The normalized spacial score (nSPS) is 9.74. The van der Waals surface area contributed by atoms with Crippen LogP contribution in [-0.2, 0) is 9.53 Å². The zero-order valence-corrected chi connectivity index (χ0v) is 10.3. The second-order valence-electron chi connectivity index (χ2n) is 3.63. The summed E-state index contributed by atoms with van der Waals surface area (Å²) >= 11 is 0. The van der Waals surface area contributed by atoms with Gasteiger partial charge in [-0.05, 0) is 12.5 Å². The van der Waals surface area contributed by atoms with Crippen LogP contribution < -0.4 is 4.74 Å². The minimum Gasteiger partial charge on any atom is -0.493 e. The van der Waals surface area contributed by atoms with Gasteiger partial charge in [0.15, 0.2) is 6.29 Å². The summed E-state index contributed by atoms with van der Waals surface area (Å²) in [4.78, 5) is 31.6. The van der Waals surface area contributed by atoms with Gasteiger partial charge in [0.05, 0.1) is 24.2 Å². The van der Waals surface area contributed by atoms with E-state index < -0.39 is 4.92 Å². The number of rotatable bonds is 7. The van der Waals surface area contributed by atoms with Gasteiger partial charge < -0.3 is 9.47 Å². The maximum atomic E-state index is 10.9. The number of aldehydes is 1. The van der Waals surface area contributed by atoms with Crippen LogP contribution in [0.15, 0.2) is 18.2 Å². The summed E-state index contributed by atoms with van der Waals surface area (Å²) < 4.78 is 9.76. The number of nitrogens with zero attached hydrogens (tertiary/aromatic N) is 1. The number of methoxy groups -OCH3 is 1. The lowest BCUT2D eigenvalue weighted by atomic mass is 10.2. The Hall–Kier alpha value is -2.44. The van der Waals surface area contributed by atoms with E-state index in [4.69, 9.17) is 4.74 Å². The molecule has 19 heavy (non-hydrogen) atoms. The molecule has 0 heterocycles. The third-order valence-corrected chi connectivity index (χ3v) is 2.34. The van der Waals surface area contributed by atoms with Crippen molar-refractivity contribution in [3.63, 3.8) is 0 Å². The number of nitro groups is 1. The maximum Gasteiger partial charge on any atom is 0.305 e. The molecule has 1 aromatic rings. The van der Waals surface area contributed by atoms with Gasteiger partial charge in [-0.2, -0.15) is 0 Å². The van der Waals surface area contributed by atoms with E-state index in [9.17, 15) is 19.7 Å². The van der Waals surface area contributed by atoms with Crippen molar-refractivity contribution in [3.05, 3.63) is 33.9 Å². The Kier molecular flexibility index (Phi) is 5.46. The number of nitro benzene ring substituents is 1. The van der Waals surface area contributed by atoms with E-state index in [0.717, 1.165) is 6.07 Å². The van der Waals surface area contributed by atoms with E-state index in [1.165, 1.54) is 19.2 Å². The van der Waals surface area contributed by atoms with Gasteiger partial charge in [-0.3, -0.25) is 19.7 Å². The number of hydrogen-bond donors (Lipinski definition) is 0. The molecule has 0 bridgehead atoms. The average Bonchev–Trinajstić information content (AvgIpc) is 2.42. The standard InChI is InChI=1S/C12H13NO6/c1-18-12(15)3-2-6-19-11-5-4-10(13(16)17)7-9(11)8-14/h4-5,7-8H,2-3,6H2,1H3. The highest BCUT2D eigenvalue weighted by atomic mass is 16.6. The fourth-order valence-electron chi connectivity index (χ4n) is 1.37. The molecule has 1 rings (SSSR count). The van der Waals surface area contributed by atoms with Crippen LogP contribution in [0.2, 0.25) is 0 Å². The van der Waals surface area contributed by atoms with Gasteiger partial charge in [-0.15, -0.1) is 0 Å². The molecule has 0 spiro atoms. The quantitative estimate of drug-likeness (QED) is 0.245. The lowest BCUT2D eigenvalue weighted by Crippen LogP contribution is -2.05. The molecule has 0 aliphatic carbocycles. The number of ether oxygens (including phenoxy) is 2. The zero-order valence-electron chi connectivity index (χ0n) is 10.3. The number of benzene rings is 1. The Balaban J connectivity index is 2.61. The zero-order chi connectivity index (χ0) is 14.3. The fourth-order valence-corrected chi connectivity index (χ4v) is 1.37. The summed E-state index contributed by atoms with van der Waals surface area (Å²) in [5, 5.41) is 10.5. The van der Waals surface area contributed by atoms with Gasteiger partial charge >= 0.3 is 5.97 Å². The number of carbonyl (C=O) groups is 2. The predicted octanol–water partition coefficient (Wildman–Crippen LogP) is 1.74. The number of esters is 1. The lowest BCUT2D eigenvalue weighted by molar-refractivity contribution is -0.384.